The van der Waals surface area contributed by atoms with E-state index in [1.54, 1.807) is 24.3 Å². The molecule has 0 fully saturated rings. The van der Waals surface area contributed by atoms with E-state index < -0.39 is 27.2 Å². The molecule has 2 unspecified atom stereocenters. The molecule has 0 aliphatic carbocycles. The van der Waals surface area contributed by atoms with Crippen molar-refractivity contribution >= 4 is 27.6 Å². The summed E-state index contributed by atoms with van der Waals surface area (Å²) in [5.74, 6) is -0.281. The van der Waals surface area contributed by atoms with E-state index in [-0.39, 0.29) is 24.0 Å². The van der Waals surface area contributed by atoms with E-state index >= 15 is 0 Å². The molecule has 3 N–H and O–H groups in total. The molecule has 4 aromatic rings. The minimum atomic E-state index is -4.17. The van der Waals surface area contributed by atoms with Gasteiger partial charge in [-0.3, -0.25) is 14.1 Å². The molecule has 1 aliphatic heterocycles. The number of para-hydroxylation sites is 1. The van der Waals surface area contributed by atoms with Crippen LogP contribution in [0.5, 0.6) is 5.75 Å². The summed E-state index contributed by atoms with van der Waals surface area (Å²) >= 11 is 0. The number of carbonyl (C=O) groups is 2. The Morgan fingerprint density at radius 3 is 2.09 bits per heavy atom. The van der Waals surface area contributed by atoms with Gasteiger partial charge in [-0.25, -0.2) is 0 Å². The van der Waals surface area contributed by atoms with Crippen LogP contribution in [0.25, 0.3) is 0 Å². The second kappa shape index (κ2) is 13.1. The van der Waals surface area contributed by atoms with Crippen molar-refractivity contribution in [1.29, 1.82) is 0 Å². The van der Waals surface area contributed by atoms with Crippen LogP contribution in [0, 0.1) is 0 Å². The standard InChI is InChI=1S/C37H40N2O6S/c1-36(2,3)29-15-17-30(18-16-29)37(4,24-25-9-11-27(12-10-25)34(40)38-21-22-46(42,43)44)35(41)39-31-19-13-26(14-20-31)33-23-28-7-5-6-8-32(28)45-33/h5-20,33H,21-24H2,1-4H3,(H,38,40)(H,39,41)(H,42,43,44). The highest BCUT2D eigenvalue weighted by Crippen LogP contribution is 2.37. The molecule has 0 saturated heterocycles. The largest absolute Gasteiger partial charge is 0.485 e. The Bertz CT molecular complexity index is 1790. The molecular weight excluding hydrogens is 600 g/mol. The molecule has 0 radical (unpaired) electrons. The number of fused-ring (bicyclic) bond motifs is 1. The molecule has 0 aromatic heterocycles. The van der Waals surface area contributed by atoms with Gasteiger partial charge in [0, 0.05) is 24.2 Å². The fourth-order valence-electron chi connectivity index (χ4n) is 5.65. The first-order chi connectivity index (χ1) is 21.7. The molecular formula is C37H40N2O6S. The van der Waals surface area contributed by atoms with Gasteiger partial charge in [0.15, 0.2) is 0 Å². The monoisotopic (exact) mass is 640 g/mol. The predicted molar refractivity (Wildman–Crippen MR) is 180 cm³/mol. The second-order valence-corrected chi connectivity index (χ2v) is 14.6. The molecule has 2 amide bonds. The third kappa shape index (κ3) is 7.84. The molecule has 8 nitrogen and oxygen atoms in total. The van der Waals surface area contributed by atoms with Gasteiger partial charge in [0.05, 0.1) is 11.2 Å². The highest BCUT2D eigenvalue weighted by molar-refractivity contribution is 7.85. The van der Waals surface area contributed by atoms with Gasteiger partial charge in [0.1, 0.15) is 11.9 Å². The minimum Gasteiger partial charge on any atom is -0.485 e. The fourth-order valence-corrected chi connectivity index (χ4v) is 6.01. The topological polar surface area (TPSA) is 122 Å². The van der Waals surface area contributed by atoms with Gasteiger partial charge < -0.3 is 15.4 Å². The van der Waals surface area contributed by atoms with Gasteiger partial charge in [-0.2, -0.15) is 8.42 Å². The number of rotatable bonds is 10. The summed E-state index contributed by atoms with van der Waals surface area (Å²) in [6.45, 7) is 8.15. The molecule has 0 spiro atoms. The van der Waals surface area contributed by atoms with Crippen molar-refractivity contribution in [2.24, 2.45) is 0 Å². The summed E-state index contributed by atoms with van der Waals surface area (Å²) in [5.41, 5.74) is 5.12. The number of hydrogen-bond donors (Lipinski definition) is 3. The number of benzene rings is 4. The number of hydrogen-bond acceptors (Lipinski definition) is 5. The summed E-state index contributed by atoms with van der Waals surface area (Å²) in [6, 6.07) is 30.8. The van der Waals surface area contributed by atoms with Crippen LogP contribution in [0.15, 0.2) is 97.1 Å². The minimum absolute atomic E-state index is 0.0406. The normalized spacial score (nSPS) is 15.7. The number of nitrogens with one attached hydrogen (secondary N) is 2. The SMILES string of the molecule is CC(C)(C)c1ccc(C(C)(Cc2ccc(C(=O)NCCS(=O)(=O)O)cc2)C(=O)Nc2ccc(C3Cc4ccccc4O3)cc2)cc1. The average molecular weight is 641 g/mol. The quantitative estimate of drug-likeness (QED) is 0.172. The first-order valence-electron chi connectivity index (χ1n) is 15.3. The van der Waals surface area contributed by atoms with Crippen LogP contribution in [0.4, 0.5) is 5.69 Å². The zero-order valence-electron chi connectivity index (χ0n) is 26.5. The van der Waals surface area contributed by atoms with Crippen LogP contribution in [0.1, 0.15) is 72.0 Å². The zero-order valence-corrected chi connectivity index (χ0v) is 27.4. The molecule has 9 heteroatoms. The van der Waals surface area contributed by atoms with Gasteiger partial charge in [0.2, 0.25) is 5.91 Å². The molecule has 0 bridgehead atoms. The highest BCUT2D eigenvalue weighted by atomic mass is 32.2. The van der Waals surface area contributed by atoms with Gasteiger partial charge in [0.25, 0.3) is 16.0 Å². The third-order valence-corrected chi connectivity index (χ3v) is 9.22. The summed E-state index contributed by atoms with van der Waals surface area (Å²) in [6.07, 6.45) is 1.10. The van der Waals surface area contributed by atoms with E-state index in [0.29, 0.717) is 17.7 Å². The summed E-state index contributed by atoms with van der Waals surface area (Å²) in [5, 5.41) is 5.62. The van der Waals surface area contributed by atoms with Crippen molar-refractivity contribution < 1.29 is 27.3 Å². The average Bonchev–Trinajstić information content (AvgIpc) is 3.45. The number of carbonyl (C=O) groups excluding carboxylic acids is 2. The van der Waals surface area contributed by atoms with Crippen molar-refractivity contribution in [3.63, 3.8) is 0 Å². The molecule has 1 heterocycles. The lowest BCUT2D eigenvalue weighted by atomic mass is 9.75. The van der Waals surface area contributed by atoms with Crippen molar-refractivity contribution in [3.05, 3.63) is 130 Å². The van der Waals surface area contributed by atoms with E-state index in [9.17, 15) is 18.0 Å². The number of ether oxygens (including phenoxy) is 1. The van der Waals surface area contributed by atoms with Crippen LogP contribution < -0.4 is 15.4 Å². The Balaban J connectivity index is 1.34. The maximum absolute atomic E-state index is 14.1. The first-order valence-corrected chi connectivity index (χ1v) is 16.9. The van der Waals surface area contributed by atoms with E-state index in [2.05, 4.69) is 49.6 Å². The Kier molecular flexibility index (Phi) is 9.37. The second-order valence-electron chi connectivity index (χ2n) is 13.1. The van der Waals surface area contributed by atoms with Crippen LogP contribution in [-0.4, -0.2) is 37.1 Å². The molecule has 1 aliphatic rings. The summed E-state index contributed by atoms with van der Waals surface area (Å²) in [4.78, 5) is 26.6. The summed E-state index contributed by atoms with van der Waals surface area (Å²) in [7, 11) is -4.17. The maximum atomic E-state index is 14.1. The van der Waals surface area contributed by atoms with Crippen LogP contribution in [-0.2, 0) is 38.6 Å². The Hall–Kier alpha value is -4.47. The van der Waals surface area contributed by atoms with E-state index in [1.165, 1.54) is 5.56 Å². The Labute approximate surface area is 271 Å². The van der Waals surface area contributed by atoms with Gasteiger partial charge >= 0.3 is 0 Å². The molecule has 0 saturated carbocycles. The fraction of sp³-hybridized carbons (Fsp3) is 0.297. The van der Waals surface area contributed by atoms with E-state index in [4.69, 9.17) is 9.29 Å². The van der Waals surface area contributed by atoms with Gasteiger partial charge in [-0.05, 0) is 76.9 Å². The van der Waals surface area contributed by atoms with E-state index in [0.717, 1.165) is 34.4 Å². The van der Waals surface area contributed by atoms with Crippen molar-refractivity contribution in [3.8, 4) is 5.75 Å². The predicted octanol–water partition coefficient (Wildman–Crippen LogP) is 6.42. The van der Waals surface area contributed by atoms with Gasteiger partial charge in [-0.15, -0.1) is 0 Å². The van der Waals surface area contributed by atoms with Crippen molar-refractivity contribution in [1.82, 2.24) is 5.32 Å². The molecule has 240 valence electrons. The molecule has 5 rings (SSSR count). The lowest BCUT2D eigenvalue weighted by Gasteiger charge is -2.30. The maximum Gasteiger partial charge on any atom is 0.266 e. The van der Waals surface area contributed by atoms with Crippen molar-refractivity contribution in [2.75, 3.05) is 17.6 Å². The zero-order chi connectivity index (χ0) is 33.1. The molecule has 4 aromatic carbocycles. The highest BCUT2D eigenvalue weighted by Gasteiger charge is 2.36. The summed E-state index contributed by atoms with van der Waals surface area (Å²) < 4.78 is 37.0. The lowest BCUT2D eigenvalue weighted by Crippen LogP contribution is -2.39. The third-order valence-electron chi connectivity index (χ3n) is 8.50. The van der Waals surface area contributed by atoms with Gasteiger partial charge in [-0.1, -0.05) is 87.5 Å². The Morgan fingerprint density at radius 1 is 0.848 bits per heavy atom. The van der Waals surface area contributed by atoms with Crippen LogP contribution in [0.2, 0.25) is 0 Å². The first kappa shape index (κ1) is 32.9. The molecule has 46 heavy (non-hydrogen) atoms. The number of anilines is 1. The van der Waals surface area contributed by atoms with E-state index in [1.807, 2.05) is 61.5 Å². The van der Waals surface area contributed by atoms with Crippen LogP contribution >= 0.6 is 0 Å². The lowest BCUT2D eigenvalue weighted by molar-refractivity contribution is -0.121. The Morgan fingerprint density at radius 2 is 1.48 bits per heavy atom. The smallest absolute Gasteiger partial charge is 0.266 e. The van der Waals surface area contributed by atoms with Crippen molar-refractivity contribution in [2.45, 2.75) is 57.5 Å². The molecule has 2 atom stereocenters. The number of amides is 2. The van der Waals surface area contributed by atoms with Crippen LogP contribution in [0.3, 0.4) is 0 Å².